The fraction of sp³-hybridized carbons (Fsp3) is 0. The summed E-state index contributed by atoms with van der Waals surface area (Å²) in [6, 6.07) is 18.5. The van der Waals surface area contributed by atoms with Crippen LogP contribution in [0, 0.1) is 0 Å². The van der Waals surface area contributed by atoms with Crippen LogP contribution in [-0.2, 0) is 27.7 Å². The molecule has 1 radical (unpaired) electrons. The Balaban J connectivity index is -0.000000459. The Bertz CT molecular complexity index is 1260. The van der Waals surface area contributed by atoms with Gasteiger partial charge in [-0.1, -0.05) is 47.5 Å². The first-order valence-corrected chi connectivity index (χ1v) is 11.1. The minimum Gasteiger partial charge on any atom is -0.545 e. The predicted molar refractivity (Wildman–Crippen MR) is 147 cm³/mol. The summed E-state index contributed by atoms with van der Waals surface area (Å²) in [5.41, 5.74) is 11.0. The molecule has 2 aromatic carbocycles. The normalized spacial score (nSPS) is 8.44. The van der Waals surface area contributed by atoms with Gasteiger partial charge in [0.1, 0.15) is 0 Å². The van der Waals surface area contributed by atoms with Gasteiger partial charge >= 0.3 is 16.8 Å². The molecule has 10 N–H and O–H groups in total. The van der Waals surface area contributed by atoms with Crippen LogP contribution in [0.2, 0.25) is 10.0 Å². The molecule has 0 saturated carbocycles. The number of carboxylic acid groups (broad SMARTS) is 2. The van der Waals surface area contributed by atoms with Crippen LogP contribution >= 0.6 is 23.2 Å². The Morgan fingerprint density at radius 1 is 0.585 bits per heavy atom. The van der Waals surface area contributed by atoms with Crippen molar-refractivity contribution in [3.8, 4) is 0 Å². The van der Waals surface area contributed by atoms with E-state index in [0.717, 1.165) is 0 Å². The second-order valence-corrected chi connectivity index (χ2v) is 7.68. The van der Waals surface area contributed by atoms with Gasteiger partial charge in [-0.2, -0.15) is 0 Å². The van der Waals surface area contributed by atoms with Crippen LogP contribution < -0.4 is 21.7 Å². The molecule has 12 nitrogen and oxygen atoms in total. The Hall–Kier alpha value is -4.37. The molecule has 0 aliphatic rings. The average molecular weight is 652 g/mol. The van der Waals surface area contributed by atoms with Gasteiger partial charge in [-0.25, -0.2) is 0 Å². The van der Waals surface area contributed by atoms with Crippen LogP contribution in [0.15, 0.2) is 97.6 Å². The fourth-order valence-electron chi connectivity index (χ4n) is 2.25. The number of nitrogens with zero attached hydrogens (tertiary/aromatic N) is 2. The van der Waals surface area contributed by atoms with E-state index >= 15 is 0 Å². The van der Waals surface area contributed by atoms with Crippen molar-refractivity contribution in [2.24, 2.45) is 11.5 Å². The van der Waals surface area contributed by atoms with E-state index in [0.29, 0.717) is 21.2 Å². The quantitative estimate of drug-likeness (QED) is 0.281. The molecule has 0 aliphatic carbocycles. The molecule has 0 bridgehead atoms. The second-order valence-electron chi connectivity index (χ2n) is 6.81. The largest absolute Gasteiger partial charge is 2.00 e. The van der Waals surface area contributed by atoms with E-state index in [4.69, 9.17) is 34.7 Å². The number of aromatic nitrogens is 2. The summed E-state index contributed by atoms with van der Waals surface area (Å²) >= 11 is 11.0. The van der Waals surface area contributed by atoms with Crippen LogP contribution in [0.5, 0.6) is 0 Å². The maximum Gasteiger partial charge on any atom is 2.00 e. The second kappa shape index (κ2) is 22.4. The molecule has 0 unspecified atom stereocenters. The minimum atomic E-state index is -1.21. The summed E-state index contributed by atoms with van der Waals surface area (Å²) in [4.78, 5) is 48.5. The number of carboxylic acids is 2. The van der Waals surface area contributed by atoms with Crippen molar-refractivity contribution >= 4 is 47.0 Å². The van der Waals surface area contributed by atoms with Crippen molar-refractivity contribution in [1.82, 2.24) is 9.97 Å². The number of amides is 2. The predicted octanol–water partition coefficient (Wildman–Crippen LogP) is -0.0783. The minimum absolute atomic E-state index is 0. The number of hydrogen-bond acceptors (Lipinski definition) is 8. The van der Waals surface area contributed by atoms with Crippen LogP contribution in [-0.4, -0.2) is 33.7 Å². The van der Waals surface area contributed by atoms with Crippen molar-refractivity contribution in [2.45, 2.75) is 0 Å². The van der Waals surface area contributed by atoms with E-state index in [1.54, 1.807) is 60.9 Å². The number of benzene rings is 2. The molecule has 15 heteroatoms. The SMILES string of the molecule is NC(=O)c1cccnc1.NC(=O)c1cccnc1.O=C([O-])c1cccc(Cl)c1.O=C([O-])c1cccc(Cl)c1.[Co+2].[OH3+].[OH3+]. The van der Waals surface area contributed by atoms with E-state index in [1.165, 1.54) is 36.7 Å². The molecule has 219 valence electrons. The van der Waals surface area contributed by atoms with Crippen LogP contribution in [0.25, 0.3) is 0 Å². The van der Waals surface area contributed by atoms with Crippen LogP contribution in [0.4, 0.5) is 0 Å². The zero-order chi connectivity index (χ0) is 28.5. The van der Waals surface area contributed by atoms with Gasteiger partial charge in [0.05, 0.1) is 23.1 Å². The third kappa shape index (κ3) is 17.8. The maximum absolute atomic E-state index is 10.4. The number of carbonyl (C=O) groups is 4. The third-order valence-corrected chi connectivity index (χ3v) is 4.48. The molecule has 4 rings (SSSR count). The maximum atomic E-state index is 10.4. The summed E-state index contributed by atoms with van der Waals surface area (Å²) in [6.07, 6.45) is 6.05. The average Bonchev–Trinajstić information content (AvgIpc) is 2.91. The Morgan fingerprint density at radius 3 is 1.07 bits per heavy atom. The van der Waals surface area contributed by atoms with Crippen molar-refractivity contribution < 1.29 is 57.1 Å². The van der Waals surface area contributed by atoms with Gasteiger partial charge in [-0.15, -0.1) is 0 Å². The third-order valence-electron chi connectivity index (χ3n) is 4.01. The van der Waals surface area contributed by atoms with Gasteiger partial charge in [-0.3, -0.25) is 19.6 Å². The molecule has 0 fully saturated rings. The van der Waals surface area contributed by atoms with Crippen molar-refractivity contribution in [3.05, 3.63) is 130 Å². The molecule has 0 saturated heterocycles. The van der Waals surface area contributed by atoms with Crippen molar-refractivity contribution in [2.75, 3.05) is 0 Å². The summed E-state index contributed by atoms with van der Waals surface area (Å²) < 4.78 is 0. The molecular formula is C26H26Cl2CoN4O8+2. The first-order valence-electron chi connectivity index (χ1n) is 10.3. The number of pyridine rings is 2. The molecule has 41 heavy (non-hydrogen) atoms. The summed E-state index contributed by atoms with van der Waals surface area (Å²) in [5, 5.41) is 21.2. The number of aromatic carboxylic acids is 2. The first kappa shape index (κ1) is 41.1. The standard InChI is InChI=1S/2C7H5ClO2.2C6H6N2O.Co.2H2O/c2*8-6-3-1-2-5(4-6)7(9)10;2*7-6(9)5-2-1-3-8-4-5;;;/h2*1-4H,(H,9,10);2*1-4H,(H2,7,9);;2*1H2/q;;;;+2;;. The van der Waals surface area contributed by atoms with E-state index in [-0.39, 0.29) is 38.9 Å². The Labute approximate surface area is 254 Å². The van der Waals surface area contributed by atoms with E-state index < -0.39 is 23.8 Å². The molecule has 2 heterocycles. The van der Waals surface area contributed by atoms with Crippen LogP contribution in [0.3, 0.4) is 0 Å². The number of carbonyl (C=O) groups excluding carboxylic acids is 4. The van der Waals surface area contributed by atoms with Gasteiger partial charge in [0.15, 0.2) is 0 Å². The molecule has 0 atom stereocenters. The smallest absolute Gasteiger partial charge is 0.545 e. The van der Waals surface area contributed by atoms with Crippen molar-refractivity contribution in [1.29, 1.82) is 0 Å². The summed E-state index contributed by atoms with van der Waals surface area (Å²) in [7, 11) is 0. The molecule has 0 aliphatic heterocycles. The van der Waals surface area contributed by atoms with E-state index in [1.807, 2.05) is 0 Å². The van der Waals surface area contributed by atoms with Gasteiger partial charge in [0, 0.05) is 34.8 Å². The molecular weight excluding hydrogens is 626 g/mol. The molecule has 4 aromatic rings. The van der Waals surface area contributed by atoms with Gasteiger partial charge in [-0.05, 0) is 59.7 Å². The molecule has 2 amide bonds. The van der Waals surface area contributed by atoms with Gasteiger partial charge in [0.2, 0.25) is 11.8 Å². The topological polar surface area (TPSA) is 258 Å². The molecule has 0 spiro atoms. The fourth-order valence-corrected chi connectivity index (χ4v) is 2.63. The van der Waals surface area contributed by atoms with Crippen molar-refractivity contribution in [3.63, 3.8) is 0 Å². The Morgan fingerprint density at radius 2 is 0.902 bits per heavy atom. The van der Waals surface area contributed by atoms with E-state index in [2.05, 4.69) is 9.97 Å². The summed E-state index contributed by atoms with van der Waals surface area (Å²) in [6.45, 7) is 0. The number of nitrogens with two attached hydrogens (primary N) is 2. The van der Waals surface area contributed by atoms with Gasteiger partial charge in [0.25, 0.3) is 0 Å². The monoisotopic (exact) mass is 651 g/mol. The van der Waals surface area contributed by atoms with Gasteiger partial charge < -0.3 is 42.2 Å². The number of rotatable bonds is 4. The Kier molecular flexibility index (Phi) is 22.5. The summed E-state index contributed by atoms with van der Waals surface area (Å²) in [5.74, 6) is -3.30. The number of halogens is 2. The van der Waals surface area contributed by atoms with E-state index in [9.17, 15) is 29.4 Å². The molecule has 2 aromatic heterocycles. The number of hydrogen-bond donors (Lipinski definition) is 2. The van der Waals surface area contributed by atoms with Crippen LogP contribution in [0.1, 0.15) is 41.4 Å². The zero-order valence-electron chi connectivity index (χ0n) is 21.0. The zero-order valence-corrected chi connectivity index (χ0v) is 23.5. The number of primary amides is 2. The first-order chi connectivity index (χ1) is 18.0.